The Kier molecular flexibility index (Phi) is 46.3. The summed E-state index contributed by atoms with van der Waals surface area (Å²) in [5, 5.41) is 11.5. The van der Waals surface area contributed by atoms with Crippen molar-refractivity contribution in [2.45, 2.75) is 82.1 Å². The molecule has 0 spiro atoms. The molecule has 0 amide bonds. The summed E-state index contributed by atoms with van der Waals surface area (Å²) in [5.74, 6) is 5.45. The normalized spacial score (nSPS) is 9.23. The minimum atomic E-state index is 0. The van der Waals surface area contributed by atoms with Gasteiger partial charge in [0.1, 0.15) is 6.29 Å². The maximum Gasteiger partial charge on any atom is 0.124 e. The van der Waals surface area contributed by atoms with Crippen molar-refractivity contribution in [3.05, 3.63) is 47.8 Å². The number of allylic oxidation sites excluding steroid dienone is 7. The highest BCUT2D eigenvalue weighted by atomic mass is 16.3. The Morgan fingerprint density at radius 1 is 1.12 bits per heavy atom. The molecule has 0 rings (SSSR count). The molecule has 0 atom stereocenters. The lowest BCUT2D eigenvalue weighted by Crippen LogP contribution is -2.05. The van der Waals surface area contributed by atoms with Crippen molar-refractivity contribution in [3.8, 4) is 0 Å². The van der Waals surface area contributed by atoms with Gasteiger partial charge in [0.05, 0.1) is 11.5 Å². The fourth-order valence-electron chi connectivity index (χ4n) is 1.13. The zero-order valence-corrected chi connectivity index (χ0v) is 18.9. The van der Waals surface area contributed by atoms with Gasteiger partial charge in [-0.15, -0.1) is 0 Å². The number of aliphatic hydroxyl groups excluding tert-OH is 1. The van der Waals surface area contributed by atoms with Gasteiger partial charge in [-0.25, -0.2) is 0 Å². The summed E-state index contributed by atoms with van der Waals surface area (Å²) in [6, 6.07) is 0. The molecule has 26 heavy (non-hydrogen) atoms. The molecular weight excluding hydrogens is 324 g/mol. The monoisotopic (exact) mass is 370 g/mol. The number of hydrazone groups is 1. The van der Waals surface area contributed by atoms with Gasteiger partial charge in [-0.1, -0.05) is 78.3 Å². The molecule has 0 fully saturated rings. The molecule has 0 aromatic heterocycles. The number of nitrogens with zero attached hydrogens (tertiary/aromatic N) is 1. The molecule has 0 saturated heterocycles. The van der Waals surface area contributed by atoms with Gasteiger partial charge in [0.2, 0.25) is 0 Å². The first-order valence-corrected chi connectivity index (χ1v) is 9.34. The van der Waals surface area contributed by atoms with Crippen LogP contribution in [-0.4, -0.2) is 17.1 Å². The molecule has 0 aliphatic rings. The number of aldehydes is 1. The summed E-state index contributed by atoms with van der Waals surface area (Å²) in [4.78, 5) is 10.5. The van der Waals surface area contributed by atoms with E-state index in [1.807, 2.05) is 66.7 Å². The molecule has 3 N–H and O–H groups in total. The first-order valence-electron chi connectivity index (χ1n) is 9.34. The average molecular weight is 371 g/mol. The van der Waals surface area contributed by atoms with Crippen LogP contribution in [0.5, 0.6) is 0 Å². The molecule has 0 radical (unpaired) electrons. The van der Waals surface area contributed by atoms with Crippen molar-refractivity contribution in [1.82, 2.24) is 0 Å². The van der Waals surface area contributed by atoms with Gasteiger partial charge in [-0.3, -0.25) is 0 Å². The van der Waals surface area contributed by atoms with Crippen LogP contribution in [0.3, 0.4) is 0 Å². The number of hydrogen-bond acceptors (Lipinski definition) is 4. The van der Waals surface area contributed by atoms with Gasteiger partial charge in [0.15, 0.2) is 0 Å². The Hall–Kier alpha value is -2.10. The second-order valence-corrected chi connectivity index (χ2v) is 4.69. The summed E-state index contributed by atoms with van der Waals surface area (Å²) < 4.78 is 0. The molecule has 0 aliphatic heterocycles. The zero-order valence-electron chi connectivity index (χ0n) is 18.9. The van der Waals surface area contributed by atoms with Crippen molar-refractivity contribution in [3.63, 3.8) is 0 Å². The van der Waals surface area contributed by atoms with Gasteiger partial charge in [0, 0.05) is 7.85 Å². The highest BCUT2D eigenvalue weighted by Gasteiger charge is 2.04. The minimum absolute atomic E-state index is 0. The quantitative estimate of drug-likeness (QED) is 0.135. The molecule has 156 valence electrons. The first kappa shape index (κ1) is 35.1. The van der Waals surface area contributed by atoms with Gasteiger partial charge in [-0.05, 0) is 39.3 Å². The molecule has 0 aromatic rings. The van der Waals surface area contributed by atoms with Crippen LogP contribution in [0.25, 0.3) is 0 Å². The van der Waals surface area contributed by atoms with E-state index in [4.69, 9.17) is 10.9 Å². The third-order valence-electron chi connectivity index (χ3n) is 1.90. The molecule has 4 nitrogen and oxygen atoms in total. The number of hydrogen-bond donors (Lipinski definition) is 2. The van der Waals surface area contributed by atoms with Crippen molar-refractivity contribution < 1.29 is 11.3 Å². The standard InChI is InChI=1S/C12H18N2O.C3H6O.C3H8.2C2H6.H2/c1-4-5-6-7-12(14-13)11(8-9-15)10(2)3;1-3(2)4;1-3-2;2*1-2;/h4-7,9H,8,13H2,1-3H3;4H,1H2,2H3;3H2,1-2H3;2*1-2H3;1H/b5-4-,7-6+,14-12-;;;;;. The van der Waals surface area contributed by atoms with Crippen molar-refractivity contribution in [2.24, 2.45) is 10.9 Å². The minimum Gasteiger partial charge on any atom is -0.513 e. The van der Waals surface area contributed by atoms with E-state index in [1.165, 1.54) is 13.3 Å². The Balaban J connectivity index is -0.0000000767. The highest BCUT2D eigenvalue weighted by molar-refractivity contribution is 6.10. The molecular formula is C22H46N2O2. The van der Waals surface area contributed by atoms with Crippen LogP contribution in [0.1, 0.15) is 83.5 Å². The Bertz CT molecular complexity index is 416. The average Bonchev–Trinajstić information content (AvgIpc) is 2.61. The van der Waals surface area contributed by atoms with Crippen LogP contribution >= 0.6 is 0 Å². The first-order chi connectivity index (χ1) is 12.3. The van der Waals surface area contributed by atoms with Crippen LogP contribution in [-0.2, 0) is 4.79 Å². The van der Waals surface area contributed by atoms with Gasteiger partial charge < -0.3 is 15.7 Å². The van der Waals surface area contributed by atoms with Crippen LogP contribution in [0.15, 0.2) is 52.9 Å². The Morgan fingerprint density at radius 3 is 1.73 bits per heavy atom. The number of carbonyl (C=O) groups excluding carboxylic acids is 1. The maximum absolute atomic E-state index is 10.5. The molecule has 4 heteroatoms. The van der Waals surface area contributed by atoms with E-state index in [9.17, 15) is 4.79 Å². The van der Waals surface area contributed by atoms with Crippen molar-refractivity contribution >= 4 is 12.0 Å². The number of nitrogens with two attached hydrogens (primary N) is 1. The SMILES string of the molecule is C=C(C)O.CC.CC.CCC.C\C=C/C=C/C(=N/N)C(CC=O)=C(C)C.[HH]. The third-order valence-corrected chi connectivity index (χ3v) is 1.90. The fraction of sp³-hybridized carbons (Fsp3) is 0.545. The predicted octanol–water partition coefficient (Wildman–Crippen LogP) is 7.15. The lowest BCUT2D eigenvalue weighted by atomic mass is 10.0. The molecule has 0 saturated carbocycles. The number of rotatable bonds is 5. The van der Waals surface area contributed by atoms with Gasteiger partial charge in [-0.2, -0.15) is 5.10 Å². The largest absolute Gasteiger partial charge is 0.513 e. The summed E-state index contributed by atoms with van der Waals surface area (Å²) in [6.45, 7) is 22.7. The lowest BCUT2D eigenvalue weighted by molar-refractivity contribution is -0.107. The van der Waals surface area contributed by atoms with E-state index in [2.05, 4.69) is 25.5 Å². The molecule has 0 bridgehead atoms. The Labute approximate surface area is 164 Å². The van der Waals surface area contributed by atoms with Gasteiger partial charge in [0.25, 0.3) is 0 Å². The maximum atomic E-state index is 10.5. The third kappa shape index (κ3) is 37.8. The van der Waals surface area contributed by atoms with Crippen LogP contribution in [0.2, 0.25) is 0 Å². The smallest absolute Gasteiger partial charge is 0.124 e. The fourth-order valence-corrected chi connectivity index (χ4v) is 1.13. The van der Waals surface area contributed by atoms with Crippen molar-refractivity contribution in [2.75, 3.05) is 0 Å². The topological polar surface area (TPSA) is 75.7 Å². The predicted molar refractivity (Wildman–Crippen MR) is 123 cm³/mol. The molecule has 0 aromatic carbocycles. The van der Waals surface area contributed by atoms with E-state index in [-0.39, 0.29) is 7.19 Å². The number of aliphatic hydroxyl groups is 1. The van der Waals surface area contributed by atoms with Crippen LogP contribution in [0.4, 0.5) is 0 Å². The summed E-state index contributed by atoms with van der Waals surface area (Å²) in [7, 11) is 0. The molecule has 0 aliphatic carbocycles. The van der Waals surface area contributed by atoms with Crippen LogP contribution < -0.4 is 5.84 Å². The second kappa shape index (κ2) is 34.3. The van der Waals surface area contributed by atoms with E-state index < -0.39 is 0 Å². The van der Waals surface area contributed by atoms with E-state index in [0.717, 1.165) is 17.4 Å². The summed E-state index contributed by atoms with van der Waals surface area (Å²) in [5.41, 5.74) is 2.59. The Morgan fingerprint density at radius 2 is 1.50 bits per heavy atom. The van der Waals surface area contributed by atoms with E-state index in [0.29, 0.717) is 12.1 Å². The zero-order chi connectivity index (χ0) is 22.0. The second-order valence-electron chi connectivity index (χ2n) is 4.69. The highest BCUT2D eigenvalue weighted by Crippen LogP contribution is 2.10. The molecule has 0 unspecified atom stereocenters. The van der Waals surface area contributed by atoms with Crippen LogP contribution in [0, 0.1) is 0 Å². The van der Waals surface area contributed by atoms with E-state index in [1.54, 1.807) is 6.08 Å². The summed E-state index contributed by atoms with van der Waals surface area (Å²) >= 11 is 0. The molecule has 0 heterocycles. The lowest BCUT2D eigenvalue weighted by Gasteiger charge is -2.05. The van der Waals surface area contributed by atoms with Gasteiger partial charge >= 0.3 is 0 Å². The van der Waals surface area contributed by atoms with E-state index >= 15 is 0 Å². The number of carbonyl (C=O) groups is 1. The van der Waals surface area contributed by atoms with Crippen molar-refractivity contribution in [1.29, 1.82) is 0 Å². The summed E-state index contributed by atoms with van der Waals surface area (Å²) in [6.07, 6.45) is 9.89.